The predicted molar refractivity (Wildman–Crippen MR) is 113 cm³/mol. The Morgan fingerprint density at radius 1 is 1.28 bits per heavy atom. The Bertz CT molecular complexity index is 1190. The van der Waals surface area contributed by atoms with E-state index in [-0.39, 0.29) is 38.0 Å². The van der Waals surface area contributed by atoms with Crippen LogP contribution in [0.1, 0.15) is 23.6 Å². The minimum Gasteiger partial charge on any atom is -0.467 e. The lowest BCUT2D eigenvalue weighted by atomic mass is 10.0. The SMILES string of the molecule is CC(=O)N[C@H](Cc1c[nH]c2ccccc12)C(=O)OCc1cc([N+](=O)[O-])cc2c1OCOC2. The van der Waals surface area contributed by atoms with Crippen molar-refractivity contribution < 1.29 is 28.7 Å². The van der Waals surface area contributed by atoms with E-state index in [1.54, 1.807) is 6.20 Å². The first-order chi connectivity index (χ1) is 15.4. The van der Waals surface area contributed by atoms with Crippen LogP contribution in [0.2, 0.25) is 0 Å². The Kier molecular flexibility index (Phi) is 6.04. The van der Waals surface area contributed by atoms with Crippen molar-refractivity contribution in [3.8, 4) is 5.75 Å². The molecule has 32 heavy (non-hydrogen) atoms. The molecular weight excluding hydrogens is 418 g/mol. The molecular formula is C22H21N3O7. The molecule has 3 aromatic rings. The summed E-state index contributed by atoms with van der Waals surface area (Å²) in [6, 6.07) is 9.38. The van der Waals surface area contributed by atoms with Gasteiger partial charge in [0.05, 0.1) is 11.5 Å². The molecule has 1 atom stereocenters. The van der Waals surface area contributed by atoms with Gasteiger partial charge in [0.15, 0.2) is 6.79 Å². The Hall–Kier alpha value is -3.92. The maximum absolute atomic E-state index is 12.9. The van der Waals surface area contributed by atoms with Crippen LogP contribution >= 0.6 is 0 Å². The van der Waals surface area contributed by atoms with Gasteiger partial charge in [0.2, 0.25) is 5.91 Å². The molecule has 2 aromatic carbocycles. The molecule has 0 saturated carbocycles. The van der Waals surface area contributed by atoms with Crippen LogP contribution in [0, 0.1) is 10.1 Å². The van der Waals surface area contributed by atoms with Crippen molar-refractivity contribution in [1.82, 2.24) is 10.3 Å². The molecule has 1 aromatic heterocycles. The lowest BCUT2D eigenvalue weighted by Gasteiger charge is -2.21. The largest absolute Gasteiger partial charge is 0.467 e. The number of rotatable bonds is 7. The molecule has 10 nitrogen and oxygen atoms in total. The minimum absolute atomic E-state index is 0.000832. The van der Waals surface area contributed by atoms with E-state index in [9.17, 15) is 19.7 Å². The molecule has 0 fully saturated rings. The third-order valence-electron chi connectivity index (χ3n) is 5.11. The molecule has 4 rings (SSSR count). The topological polar surface area (TPSA) is 133 Å². The fraction of sp³-hybridized carbons (Fsp3) is 0.273. The summed E-state index contributed by atoms with van der Waals surface area (Å²) in [4.78, 5) is 38.4. The van der Waals surface area contributed by atoms with Crippen molar-refractivity contribution in [3.63, 3.8) is 0 Å². The first kappa shape index (κ1) is 21.3. The summed E-state index contributed by atoms with van der Waals surface area (Å²) >= 11 is 0. The normalized spacial score (nSPS) is 13.7. The summed E-state index contributed by atoms with van der Waals surface area (Å²) < 4.78 is 16.1. The number of esters is 1. The number of hydrogen-bond acceptors (Lipinski definition) is 7. The van der Waals surface area contributed by atoms with E-state index in [4.69, 9.17) is 14.2 Å². The number of non-ortho nitro benzene ring substituents is 1. The second-order valence-electron chi connectivity index (χ2n) is 7.39. The summed E-state index contributed by atoms with van der Waals surface area (Å²) in [5.74, 6) is -0.625. The number of nitrogens with one attached hydrogen (secondary N) is 2. The Balaban J connectivity index is 1.53. The lowest BCUT2D eigenvalue weighted by Crippen LogP contribution is -2.42. The van der Waals surface area contributed by atoms with Crippen LogP contribution in [0.5, 0.6) is 5.75 Å². The Morgan fingerprint density at radius 3 is 2.88 bits per heavy atom. The van der Waals surface area contributed by atoms with Gasteiger partial charge in [-0.15, -0.1) is 0 Å². The molecule has 1 amide bonds. The van der Waals surface area contributed by atoms with Crippen LogP contribution in [0.4, 0.5) is 5.69 Å². The number of fused-ring (bicyclic) bond motifs is 2. The number of para-hydroxylation sites is 1. The van der Waals surface area contributed by atoms with Gasteiger partial charge < -0.3 is 24.5 Å². The van der Waals surface area contributed by atoms with Crippen LogP contribution in [-0.4, -0.2) is 34.6 Å². The maximum Gasteiger partial charge on any atom is 0.329 e. The average Bonchev–Trinajstić information content (AvgIpc) is 3.19. The van der Waals surface area contributed by atoms with Gasteiger partial charge in [-0.2, -0.15) is 0 Å². The van der Waals surface area contributed by atoms with Gasteiger partial charge in [0, 0.05) is 53.7 Å². The molecule has 0 radical (unpaired) electrons. The van der Waals surface area contributed by atoms with E-state index in [1.807, 2.05) is 24.3 Å². The van der Waals surface area contributed by atoms with Crippen LogP contribution in [0.3, 0.4) is 0 Å². The molecule has 2 N–H and O–H groups in total. The van der Waals surface area contributed by atoms with Gasteiger partial charge in [-0.25, -0.2) is 4.79 Å². The lowest BCUT2D eigenvalue weighted by molar-refractivity contribution is -0.385. The van der Waals surface area contributed by atoms with Crippen molar-refractivity contribution in [1.29, 1.82) is 0 Å². The highest BCUT2D eigenvalue weighted by Crippen LogP contribution is 2.33. The number of carbonyl (C=O) groups excluding carboxylic acids is 2. The molecule has 2 heterocycles. The number of aromatic amines is 1. The number of amides is 1. The Morgan fingerprint density at radius 2 is 2.09 bits per heavy atom. The first-order valence-electron chi connectivity index (χ1n) is 9.92. The predicted octanol–water partition coefficient (Wildman–Crippen LogP) is 2.73. The van der Waals surface area contributed by atoms with Crippen molar-refractivity contribution in [2.75, 3.05) is 6.79 Å². The number of nitrogens with zero attached hydrogens (tertiary/aromatic N) is 1. The summed E-state index contributed by atoms with van der Waals surface area (Å²) in [5, 5.41) is 14.8. The molecule has 0 spiro atoms. The number of H-pyrrole nitrogens is 1. The molecule has 0 saturated heterocycles. The zero-order valence-electron chi connectivity index (χ0n) is 17.3. The second-order valence-corrected chi connectivity index (χ2v) is 7.39. The highest BCUT2D eigenvalue weighted by Gasteiger charge is 2.26. The summed E-state index contributed by atoms with van der Waals surface area (Å²) in [7, 11) is 0. The fourth-order valence-electron chi connectivity index (χ4n) is 3.70. The molecule has 166 valence electrons. The third kappa shape index (κ3) is 4.54. The monoisotopic (exact) mass is 439 g/mol. The first-order valence-corrected chi connectivity index (χ1v) is 9.92. The van der Waals surface area contributed by atoms with Crippen LogP contribution in [-0.2, 0) is 38.7 Å². The number of nitro groups is 1. The second kappa shape index (κ2) is 9.06. The zero-order chi connectivity index (χ0) is 22.7. The number of aromatic nitrogens is 1. The van der Waals surface area contributed by atoms with Gasteiger partial charge in [-0.3, -0.25) is 14.9 Å². The zero-order valence-corrected chi connectivity index (χ0v) is 17.3. The average molecular weight is 439 g/mol. The van der Waals surface area contributed by atoms with Gasteiger partial charge in [-0.05, 0) is 11.6 Å². The number of benzene rings is 2. The summed E-state index contributed by atoms with van der Waals surface area (Å²) in [6.07, 6.45) is 2.01. The quantitative estimate of drug-likeness (QED) is 0.328. The number of ether oxygens (including phenoxy) is 3. The third-order valence-corrected chi connectivity index (χ3v) is 5.11. The van der Waals surface area contributed by atoms with E-state index in [2.05, 4.69) is 10.3 Å². The maximum atomic E-state index is 12.9. The molecule has 0 aliphatic carbocycles. The van der Waals surface area contributed by atoms with E-state index in [0.717, 1.165) is 16.5 Å². The van der Waals surface area contributed by atoms with Gasteiger partial charge in [0.1, 0.15) is 18.4 Å². The summed E-state index contributed by atoms with van der Waals surface area (Å²) in [5.41, 5.74) is 2.49. The smallest absolute Gasteiger partial charge is 0.329 e. The number of hydrogen-bond donors (Lipinski definition) is 2. The fourth-order valence-corrected chi connectivity index (χ4v) is 3.70. The van der Waals surface area contributed by atoms with Crippen LogP contribution < -0.4 is 10.1 Å². The molecule has 0 bridgehead atoms. The van der Waals surface area contributed by atoms with Crippen molar-refractivity contribution in [2.24, 2.45) is 0 Å². The Labute approximate surface area is 182 Å². The molecule has 1 aliphatic heterocycles. The standard InChI is InChI=1S/C22H21N3O7/c1-13(26)24-20(8-14-9-23-19-5-3-2-4-18(14)19)22(27)31-11-16-7-17(25(28)29)6-15-10-30-12-32-21(15)16/h2-7,9,20,23H,8,10-12H2,1H3,(H,24,26)/t20-/m1/s1. The highest BCUT2D eigenvalue weighted by atomic mass is 16.7. The molecule has 0 unspecified atom stereocenters. The van der Waals surface area contributed by atoms with Crippen LogP contribution in [0.25, 0.3) is 10.9 Å². The van der Waals surface area contributed by atoms with Crippen molar-refractivity contribution >= 4 is 28.5 Å². The highest BCUT2D eigenvalue weighted by molar-refractivity contribution is 5.86. The van der Waals surface area contributed by atoms with Gasteiger partial charge in [0.25, 0.3) is 5.69 Å². The number of carbonyl (C=O) groups is 2. The molecule has 1 aliphatic rings. The molecule has 10 heteroatoms. The van der Waals surface area contributed by atoms with E-state index in [1.165, 1.54) is 19.1 Å². The summed E-state index contributed by atoms with van der Waals surface area (Å²) in [6.45, 7) is 1.24. The minimum atomic E-state index is -0.925. The van der Waals surface area contributed by atoms with Gasteiger partial charge >= 0.3 is 5.97 Å². The van der Waals surface area contributed by atoms with E-state index < -0.39 is 16.9 Å². The van der Waals surface area contributed by atoms with Crippen LogP contribution in [0.15, 0.2) is 42.6 Å². The van der Waals surface area contributed by atoms with E-state index in [0.29, 0.717) is 16.9 Å². The van der Waals surface area contributed by atoms with Gasteiger partial charge in [-0.1, -0.05) is 18.2 Å². The van der Waals surface area contributed by atoms with E-state index >= 15 is 0 Å². The van der Waals surface area contributed by atoms with Crippen molar-refractivity contribution in [2.45, 2.75) is 32.6 Å². The van der Waals surface area contributed by atoms with Crippen molar-refractivity contribution in [3.05, 3.63) is 69.4 Å². The number of nitro benzene ring substituents is 1.